The van der Waals surface area contributed by atoms with Gasteiger partial charge in [-0.3, -0.25) is 9.78 Å². The number of amides is 1. The monoisotopic (exact) mass is 533 g/mol. The molecule has 0 bridgehead atoms. The number of hydrogen-bond donors (Lipinski definition) is 2. The second kappa shape index (κ2) is 10.3. The highest BCUT2D eigenvalue weighted by Crippen LogP contribution is 2.37. The number of benzene rings is 2. The number of anilines is 1. The van der Waals surface area contributed by atoms with Crippen LogP contribution < -0.4 is 10.0 Å². The Morgan fingerprint density at radius 1 is 0.943 bits per heavy atom. The van der Waals surface area contributed by atoms with Gasteiger partial charge in [0.2, 0.25) is 10.0 Å². The average Bonchev–Trinajstić information content (AvgIpc) is 2.79. The van der Waals surface area contributed by atoms with Crippen LogP contribution in [0.4, 0.5) is 5.69 Å². The molecule has 2 aromatic carbocycles. The van der Waals surface area contributed by atoms with E-state index in [4.69, 9.17) is 23.2 Å². The molecule has 0 fully saturated rings. The van der Waals surface area contributed by atoms with Crippen LogP contribution in [0.15, 0.2) is 65.7 Å². The molecule has 9 heteroatoms. The van der Waals surface area contributed by atoms with Crippen molar-refractivity contribution in [3.8, 4) is 11.3 Å². The predicted octanol–water partition coefficient (Wildman–Crippen LogP) is 6.66. The smallest absolute Gasteiger partial charge is 0.257 e. The van der Waals surface area contributed by atoms with Gasteiger partial charge in [-0.2, -0.15) is 0 Å². The summed E-state index contributed by atoms with van der Waals surface area (Å²) in [6.45, 7) is 10.5. The maximum absolute atomic E-state index is 12.9. The largest absolute Gasteiger partial charge is 0.322 e. The van der Waals surface area contributed by atoms with Crippen molar-refractivity contribution < 1.29 is 13.2 Å². The van der Waals surface area contributed by atoms with Gasteiger partial charge in [0.1, 0.15) is 0 Å². The number of rotatable bonds is 7. The molecule has 2 N–H and O–H groups in total. The van der Waals surface area contributed by atoms with Gasteiger partial charge in [0, 0.05) is 24.0 Å². The van der Waals surface area contributed by atoms with E-state index in [2.05, 4.69) is 35.8 Å². The highest BCUT2D eigenvalue weighted by Gasteiger charge is 2.34. The van der Waals surface area contributed by atoms with Gasteiger partial charge in [0.25, 0.3) is 5.91 Å². The molecule has 0 radical (unpaired) electrons. The standard InChI is InChI=1S/C26H29Cl2N3O3S/c1-25(2,3)26(4,5)16-30-35(33,34)18-10-11-19(22(28)15-18)24(32)31-17-9-12-21(27)20(14-17)23-8-6-7-13-29-23/h6-15,30H,16H2,1-5H3,(H,31,32). The molecule has 1 heterocycles. The van der Waals surface area contributed by atoms with Gasteiger partial charge in [-0.1, -0.05) is 63.9 Å². The van der Waals surface area contributed by atoms with E-state index < -0.39 is 15.9 Å². The van der Waals surface area contributed by atoms with Crippen molar-refractivity contribution in [2.75, 3.05) is 11.9 Å². The highest BCUT2D eigenvalue weighted by atomic mass is 35.5. The summed E-state index contributed by atoms with van der Waals surface area (Å²) >= 11 is 12.6. The molecule has 0 atom stereocenters. The Labute approximate surface area is 217 Å². The summed E-state index contributed by atoms with van der Waals surface area (Å²) in [6.07, 6.45) is 1.66. The van der Waals surface area contributed by atoms with Crippen LogP contribution in [-0.4, -0.2) is 25.9 Å². The summed E-state index contributed by atoms with van der Waals surface area (Å²) in [5.41, 5.74) is 1.60. The molecule has 186 valence electrons. The van der Waals surface area contributed by atoms with Crippen molar-refractivity contribution in [1.29, 1.82) is 0 Å². The molecule has 0 spiro atoms. The fourth-order valence-electron chi connectivity index (χ4n) is 2.99. The Kier molecular flexibility index (Phi) is 7.96. The molecule has 1 aromatic heterocycles. The lowest BCUT2D eigenvalue weighted by atomic mass is 9.69. The van der Waals surface area contributed by atoms with E-state index in [1.165, 1.54) is 18.2 Å². The van der Waals surface area contributed by atoms with Gasteiger partial charge in [-0.05, 0) is 59.4 Å². The van der Waals surface area contributed by atoms with Crippen molar-refractivity contribution in [1.82, 2.24) is 9.71 Å². The van der Waals surface area contributed by atoms with E-state index in [1.54, 1.807) is 30.5 Å². The molecule has 6 nitrogen and oxygen atoms in total. The molecule has 0 aliphatic carbocycles. The average molecular weight is 535 g/mol. The van der Waals surface area contributed by atoms with Crippen LogP contribution in [0.3, 0.4) is 0 Å². The number of halogens is 2. The molecular formula is C26H29Cl2N3O3S. The van der Waals surface area contributed by atoms with Crippen molar-refractivity contribution in [2.24, 2.45) is 10.8 Å². The van der Waals surface area contributed by atoms with Crippen molar-refractivity contribution >= 4 is 44.8 Å². The van der Waals surface area contributed by atoms with Crippen LogP contribution in [0.2, 0.25) is 10.0 Å². The van der Waals surface area contributed by atoms with E-state index in [9.17, 15) is 13.2 Å². The Morgan fingerprint density at radius 2 is 1.66 bits per heavy atom. The van der Waals surface area contributed by atoms with Crippen LogP contribution in [0, 0.1) is 10.8 Å². The fraction of sp³-hybridized carbons (Fsp3) is 0.308. The maximum atomic E-state index is 12.9. The lowest BCUT2D eigenvalue weighted by Gasteiger charge is -2.38. The summed E-state index contributed by atoms with van der Waals surface area (Å²) in [4.78, 5) is 17.2. The van der Waals surface area contributed by atoms with E-state index in [-0.39, 0.29) is 32.9 Å². The van der Waals surface area contributed by atoms with Crippen LogP contribution in [0.1, 0.15) is 45.0 Å². The number of hydrogen-bond acceptors (Lipinski definition) is 4. The van der Waals surface area contributed by atoms with E-state index >= 15 is 0 Å². The van der Waals surface area contributed by atoms with Crippen molar-refractivity contribution in [3.05, 3.63) is 76.4 Å². The molecule has 0 unspecified atom stereocenters. The SMILES string of the molecule is CC(C)(C)C(C)(C)CNS(=O)(=O)c1ccc(C(=O)Nc2ccc(Cl)c(-c3ccccn3)c2)c(Cl)c1. The van der Waals surface area contributed by atoms with E-state index in [0.29, 0.717) is 22.0 Å². The molecular weight excluding hydrogens is 505 g/mol. The lowest BCUT2D eigenvalue weighted by molar-refractivity contribution is 0.102. The molecule has 0 saturated heterocycles. The fourth-order valence-corrected chi connectivity index (χ4v) is 4.77. The molecule has 3 aromatic rings. The summed E-state index contributed by atoms with van der Waals surface area (Å²) in [6, 6.07) is 14.6. The Balaban J connectivity index is 1.78. The van der Waals surface area contributed by atoms with Crippen LogP contribution in [0.25, 0.3) is 11.3 Å². The number of sulfonamides is 1. The second-order valence-electron chi connectivity index (χ2n) is 9.96. The molecule has 1 amide bonds. The number of carbonyl (C=O) groups is 1. The van der Waals surface area contributed by atoms with Gasteiger partial charge in [-0.15, -0.1) is 0 Å². The number of nitrogens with one attached hydrogen (secondary N) is 2. The van der Waals surface area contributed by atoms with Gasteiger partial charge in [-0.25, -0.2) is 13.1 Å². The minimum Gasteiger partial charge on any atom is -0.322 e. The molecule has 0 aliphatic heterocycles. The summed E-state index contributed by atoms with van der Waals surface area (Å²) in [7, 11) is -3.81. The Bertz CT molecular complexity index is 1340. The van der Waals surface area contributed by atoms with Crippen molar-refractivity contribution in [3.63, 3.8) is 0 Å². The molecule has 35 heavy (non-hydrogen) atoms. The minimum absolute atomic E-state index is 0.00677. The number of nitrogens with zero attached hydrogens (tertiary/aromatic N) is 1. The second-order valence-corrected chi connectivity index (χ2v) is 12.5. The Hall–Kier alpha value is -2.45. The van der Waals surface area contributed by atoms with E-state index in [0.717, 1.165) is 0 Å². The van der Waals surface area contributed by atoms with E-state index in [1.807, 2.05) is 26.0 Å². The van der Waals surface area contributed by atoms with Crippen molar-refractivity contribution in [2.45, 2.75) is 39.5 Å². The summed E-state index contributed by atoms with van der Waals surface area (Å²) in [5, 5.41) is 3.31. The van der Waals surface area contributed by atoms with Gasteiger partial charge in [0.05, 0.1) is 26.2 Å². The zero-order valence-corrected chi connectivity index (χ0v) is 22.6. The first-order chi connectivity index (χ1) is 16.2. The third kappa shape index (κ3) is 6.41. The number of pyridine rings is 1. The molecule has 0 saturated carbocycles. The van der Waals surface area contributed by atoms with Gasteiger partial charge in [0.15, 0.2) is 0 Å². The highest BCUT2D eigenvalue weighted by molar-refractivity contribution is 7.89. The summed E-state index contributed by atoms with van der Waals surface area (Å²) in [5.74, 6) is -0.477. The number of carbonyl (C=O) groups excluding carboxylic acids is 1. The van der Waals surface area contributed by atoms with Gasteiger partial charge >= 0.3 is 0 Å². The van der Waals surface area contributed by atoms with Gasteiger partial charge < -0.3 is 5.32 Å². The topological polar surface area (TPSA) is 88.2 Å². The normalized spacial score (nSPS) is 12.4. The summed E-state index contributed by atoms with van der Waals surface area (Å²) < 4.78 is 28.4. The van der Waals surface area contributed by atoms with Crippen LogP contribution in [-0.2, 0) is 10.0 Å². The third-order valence-electron chi connectivity index (χ3n) is 6.40. The first-order valence-corrected chi connectivity index (χ1v) is 13.3. The van der Waals surface area contributed by atoms with Crippen LogP contribution >= 0.6 is 23.2 Å². The quantitative estimate of drug-likeness (QED) is 0.355. The lowest BCUT2D eigenvalue weighted by Crippen LogP contribution is -2.41. The predicted molar refractivity (Wildman–Crippen MR) is 143 cm³/mol. The number of aromatic nitrogens is 1. The maximum Gasteiger partial charge on any atom is 0.257 e. The Morgan fingerprint density at radius 3 is 2.26 bits per heavy atom. The molecule has 3 rings (SSSR count). The first-order valence-electron chi connectivity index (χ1n) is 11.0. The van der Waals surface area contributed by atoms with Crippen LogP contribution in [0.5, 0.6) is 0 Å². The minimum atomic E-state index is -3.81. The third-order valence-corrected chi connectivity index (χ3v) is 8.44. The zero-order chi connectivity index (χ0) is 26.0. The zero-order valence-electron chi connectivity index (χ0n) is 20.3. The molecule has 0 aliphatic rings. The first kappa shape index (κ1) is 27.1.